The predicted molar refractivity (Wildman–Crippen MR) is 112 cm³/mol. The first kappa shape index (κ1) is 21.5. The minimum absolute atomic E-state index is 0.0612. The standard InChI is InChI=1S/C21H32NO5PS/c1-16-12-14-19(15-13-16)29(25,26)22-20(17-8-4-2-5-9-17)21(27-28(22,23)24)18-10-6-3-7-11-18/h12-15,17-18,20-21H,2-11H2,1H3,(H,23,24). The van der Waals surface area contributed by atoms with Crippen molar-refractivity contribution < 1.29 is 22.4 Å². The summed E-state index contributed by atoms with van der Waals surface area (Å²) in [6.45, 7) is 1.89. The zero-order chi connectivity index (χ0) is 20.6. The fourth-order valence-corrected chi connectivity index (χ4v) is 9.59. The Balaban J connectivity index is 1.75. The van der Waals surface area contributed by atoms with Crippen molar-refractivity contribution in [2.24, 2.45) is 11.8 Å². The third-order valence-corrected chi connectivity index (χ3v) is 11.1. The van der Waals surface area contributed by atoms with E-state index in [4.69, 9.17) is 4.52 Å². The van der Waals surface area contributed by atoms with Crippen LogP contribution in [0.5, 0.6) is 0 Å². The van der Waals surface area contributed by atoms with E-state index in [0.29, 0.717) is 0 Å². The molecule has 0 amide bonds. The van der Waals surface area contributed by atoms with Crippen molar-refractivity contribution in [1.29, 1.82) is 0 Å². The van der Waals surface area contributed by atoms with Crippen molar-refractivity contribution in [3.63, 3.8) is 0 Å². The number of hydrogen-bond acceptors (Lipinski definition) is 4. The second-order valence-electron chi connectivity index (χ2n) is 8.94. The lowest BCUT2D eigenvalue weighted by atomic mass is 9.76. The molecule has 3 fully saturated rings. The summed E-state index contributed by atoms with van der Waals surface area (Å²) < 4.78 is 47.0. The lowest BCUT2D eigenvalue weighted by molar-refractivity contribution is 0.0695. The highest BCUT2D eigenvalue weighted by molar-refractivity contribution is 7.94. The van der Waals surface area contributed by atoms with Crippen molar-refractivity contribution in [2.45, 2.75) is 88.2 Å². The second-order valence-corrected chi connectivity index (χ2v) is 12.6. The van der Waals surface area contributed by atoms with Crippen molar-refractivity contribution in [3.05, 3.63) is 29.8 Å². The average Bonchev–Trinajstić information content (AvgIpc) is 3.01. The molecule has 3 aliphatic rings. The summed E-state index contributed by atoms with van der Waals surface area (Å²) in [6, 6.07) is 5.94. The second kappa shape index (κ2) is 8.43. The minimum atomic E-state index is -4.45. The Hall–Kier alpha value is -0.720. The van der Waals surface area contributed by atoms with Crippen LogP contribution >= 0.6 is 7.75 Å². The molecule has 2 aliphatic carbocycles. The number of sulfonamides is 1. The van der Waals surface area contributed by atoms with E-state index in [1.165, 1.54) is 18.6 Å². The molecule has 0 radical (unpaired) electrons. The lowest BCUT2D eigenvalue weighted by Crippen LogP contribution is -2.46. The normalized spacial score (nSPS) is 33.2. The van der Waals surface area contributed by atoms with Gasteiger partial charge in [-0.2, -0.15) is 0 Å². The van der Waals surface area contributed by atoms with Gasteiger partial charge in [0.1, 0.15) is 0 Å². The predicted octanol–water partition coefficient (Wildman–Crippen LogP) is 5.01. The van der Waals surface area contributed by atoms with Crippen molar-refractivity contribution in [3.8, 4) is 0 Å². The summed E-state index contributed by atoms with van der Waals surface area (Å²) >= 11 is 0. The molecule has 0 spiro atoms. The van der Waals surface area contributed by atoms with Crippen LogP contribution in [-0.4, -0.2) is 29.5 Å². The summed E-state index contributed by atoms with van der Waals surface area (Å²) in [4.78, 5) is 10.8. The molecule has 29 heavy (non-hydrogen) atoms. The molecule has 6 nitrogen and oxygen atoms in total. The van der Waals surface area contributed by atoms with Crippen LogP contribution in [0.3, 0.4) is 0 Å². The molecule has 1 aliphatic heterocycles. The van der Waals surface area contributed by atoms with Gasteiger partial charge in [-0.1, -0.05) is 60.3 Å². The summed E-state index contributed by atoms with van der Waals surface area (Å²) in [5.74, 6) is 0.216. The molecule has 4 rings (SSSR count). The number of benzene rings is 1. The fraction of sp³-hybridized carbons (Fsp3) is 0.714. The maximum absolute atomic E-state index is 13.6. The summed E-state index contributed by atoms with van der Waals surface area (Å²) in [6.07, 6.45) is 9.67. The Morgan fingerprint density at radius 1 is 0.931 bits per heavy atom. The molecular formula is C21H32NO5PS. The summed E-state index contributed by atoms with van der Waals surface area (Å²) in [5.41, 5.74) is 0.942. The molecule has 3 atom stereocenters. The zero-order valence-corrected chi connectivity index (χ0v) is 18.8. The Morgan fingerprint density at radius 2 is 1.45 bits per heavy atom. The molecule has 1 heterocycles. The number of rotatable bonds is 4. The van der Waals surface area contributed by atoms with Gasteiger partial charge in [-0.3, -0.25) is 4.52 Å². The molecule has 1 saturated heterocycles. The first-order chi connectivity index (χ1) is 13.8. The molecule has 1 aromatic rings. The summed E-state index contributed by atoms with van der Waals surface area (Å²) in [7, 11) is -8.59. The maximum atomic E-state index is 13.6. The maximum Gasteiger partial charge on any atom is 0.420 e. The molecule has 3 unspecified atom stereocenters. The van der Waals surface area contributed by atoms with Gasteiger partial charge in [0, 0.05) is 0 Å². The molecule has 0 aromatic heterocycles. The molecule has 162 valence electrons. The van der Waals surface area contributed by atoms with Gasteiger partial charge < -0.3 is 4.89 Å². The van der Waals surface area contributed by atoms with E-state index in [-0.39, 0.29) is 16.7 Å². The van der Waals surface area contributed by atoms with Gasteiger partial charge in [0.05, 0.1) is 17.0 Å². The van der Waals surface area contributed by atoms with Crippen molar-refractivity contribution in [2.75, 3.05) is 0 Å². The van der Waals surface area contributed by atoms with E-state index in [2.05, 4.69) is 0 Å². The third kappa shape index (κ3) is 4.22. The molecule has 1 aromatic carbocycles. The Kier molecular flexibility index (Phi) is 6.25. The van der Waals surface area contributed by atoms with Gasteiger partial charge in [-0.15, -0.1) is 0 Å². The molecule has 8 heteroatoms. The van der Waals surface area contributed by atoms with Crippen LogP contribution in [-0.2, 0) is 19.1 Å². The fourth-order valence-electron chi connectivity index (χ4n) is 5.43. The van der Waals surface area contributed by atoms with Gasteiger partial charge in [0.25, 0.3) is 10.0 Å². The number of nitrogens with zero attached hydrogens (tertiary/aromatic N) is 1. The van der Waals surface area contributed by atoms with Crippen LogP contribution < -0.4 is 0 Å². The van der Waals surface area contributed by atoms with Gasteiger partial charge in [-0.05, 0) is 56.6 Å². The van der Waals surface area contributed by atoms with E-state index >= 15 is 0 Å². The smallest absolute Gasteiger partial charge is 0.312 e. The molecular weight excluding hydrogens is 409 g/mol. The lowest BCUT2D eigenvalue weighted by Gasteiger charge is -2.37. The quantitative estimate of drug-likeness (QED) is 0.664. The van der Waals surface area contributed by atoms with Gasteiger partial charge in [0.15, 0.2) is 0 Å². The van der Waals surface area contributed by atoms with Crippen LogP contribution in [0, 0.1) is 18.8 Å². The summed E-state index contributed by atoms with van der Waals surface area (Å²) in [5, 5.41) is 0. The Labute approximate surface area is 174 Å². The minimum Gasteiger partial charge on any atom is -0.312 e. The van der Waals surface area contributed by atoms with E-state index < -0.39 is 29.9 Å². The van der Waals surface area contributed by atoms with Crippen LogP contribution in [0.4, 0.5) is 0 Å². The monoisotopic (exact) mass is 441 g/mol. The Bertz CT molecular complexity index is 860. The van der Waals surface area contributed by atoms with E-state index in [1.807, 2.05) is 6.92 Å². The Morgan fingerprint density at radius 3 is 2.00 bits per heavy atom. The highest BCUT2D eigenvalue weighted by Crippen LogP contribution is 2.62. The number of aryl methyl sites for hydroxylation is 1. The van der Waals surface area contributed by atoms with E-state index in [0.717, 1.165) is 67.4 Å². The van der Waals surface area contributed by atoms with Crippen molar-refractivity contribution >= 4 is 17.8 Å². The molecule has 0 bridgehead atoms. The van der Waals surface area contributed by atoms with E-state index in [1.54, 1.807) is 12.1 Å². The molecule has 1 N–H and O–H groups in total. The highest BCUT2D eigenvalue weighted by atomic mass is 32.2. The van der Waals surface area contributed by atoms with Gasteiger partial charge in [-0.25, -0.2) is 13.0 Å². The first-order valence-electron chi connectivity index (χ1n) is 10.9. The van der Waals surface area contributed by atoms with E-state index in [9.17, 15) is 17.9 Å². The third-order valence-electron chi connectivity index (χ3n) is 6.91. The van der Waals surface area contributed by atoms with Gasteiger partial charge >= 0.3 is 7.75 Å². The number of hydrogen-bond donors (Lipinski definition) is 1. The van der Waals surface area contributed by atoms with Crippen LogP contribution in [0.2, 0.25) is 0 Å². The average molecular weight is 442 g/mol. The SMILES string of the molecule is Cc1ccc(S(=O)(=O)N2C(C3CCCCC3)C(C3CCCCC3)OP2(=O)O)cc1. The van der Waals surface area contributed by atoms with Crippen LogP contribution in [0.25, 0.3) is 0 Å². The highest BCUT2D eigenvalue weighted by Gasteiger charge is 2.59. The zero-order valence-electron chi connectivity index (χ0n) is 17.1. The van der Waals surface area contributed by atoms with Crippen molar-refractivity contribution in [1.82, 2.24) is 4.08 Å². The molecule has 2 saturated carbocycles. The van der Waals surface area contributed by atoms with Crippen LogP contribution in [0.1, 0.15) is 69.8 Å². The van der Waals surface area contributed by atoms with Gasteiger partial charge in [0.2, 0.25) is 0 Å². The largest absolute Gasteiger partial charge is 0.420 e. The topological polar surface area (TPSA) is 83.9 Å². The van der Waals surface area contributed by atoms with Crippen LogP contribution in [0.15, 0.2) is 29.2 Å². The first-order valence-corrected chi connectivity index (χ1v) is 13.9.